The van der Waals surface area contributed by atoms with Gasteiger partial charge in [-0.3, -0.25) is 0 Å². The maximum absolute atomic E-state index is 11.6. The molecule has 1 aromatic carbocycles. The second kappa shape index (κ2) is 6.60. The lowest BCUT2D eigenvalue weighted by Crippen LogP contribution is -2.06. The molecule has 0 fully saturated rings. The smallest absolute Gasteiger partial charge is 0.338 e. The number of aryl methyl sites for hydroxylation is 2. The second-order valence-corrected chi connectivity index (χ2v) is 4.42. The van der Waals surface area contributed by atoms with Gasteiger partial charge in [0.1, 0.15) is 0 Å². The highest BCUT2D eigenvalue weighted by Crippen LogP contribution is 2.08. The molecule has 108 valence electrons. The number of aromatic nitrogens is 2. The molecule has 21 heavy (non-hydrogen) atoms. The van der Waals surface area contributed by atoms with Crippen LogP contribution in [-0.2, 0) is 4.74 Å². The number of nitrogens with one attached hydrogen (secondary N) is 1. The number of rotatable bonds is 4. The van der Waals surface area contributed by atoms with E-state index in [1.165, 1.54) is 13.3 Å². The van der Waals surface area contributed by atoms with E-state index in [1.54, 1.807) is 18.2 Å². The number of hydrogen-bond donors (Lipinski definition) is 1. The molecule has 0 aliphatic carbocycles. The fraction of sp³-hybridized carbons (Fsp3) is 0.200. The molecule has 0 radical (unpaired) electrons. The topological polar surface area (TPSA) is 76.5 Å². The van der Waals surface area contributed by atoms with Crippen molar-refractivity contribution in [3.63, 3.8) is 0 Å². The van der Waals surface area contributed by atoms with Gasteiger partial charge in [-0.15, -0.1) is 0 Å². The average molecular weight is 284 g/mol. The van der Waals surface area contributed by atoms with Crippen molar-refractivity contribution in [2.45, 2.75) is 13.8 Å². The summed E-state index contributed by atoms with van der Waals surface area (Å²) in [4.78, 5) is 20.1. The fourth-order valence-electron chi connectivity index (χ4n) is 1.84. The maximum atomic E-state index is 11.6. The van der Waals surface area contributed by atoms with Crippen LogP contribution in [0.25, 0.3) is 0 Å². The van der Waals surface area contributed by atoms with E-state index < -0.39 is 5.97 Å². The average Bonchev–Trinajstić information content (AvgIpc) is 2.46. The van der Waals surface area contributed by atoms with E-state index in [0.29, 0.717) is 17.1 Å². The highest BCUT2D eigenvalue weighted by atomic mass is 16.5. The first-order valence-corrected chi connectivity index (χ1v) is 6.39. The molecule has 2 rings (SSSR count). The van der Waals surface area contributed by atoms with Gasteiger partial charge in [-0.25, -0.2) is 20.2 Å². The third-order valence-electron chi connectivity index (χ3n) is 2.72. The highest BCUT2D eigenvalue weighted by molar-refractivity contribution is 5.99. The number of anilines is 1. The van der Waals surface area contributed by atoms with Crippen LogP contribution in [0.4, 0.5) is 5.95 Å². The van der Waals surface area contributed by atoms with Gasteiger partial charge in [-0.2, -0.15) is 5.10 Å². The van der Waals surface area contributed by atoms with Crippen molar-refractivity contribution < 1.29 is 9.53 Å². The number of benzene rings is 1. The predicted octanol–water partition coefficient (Wildman–Crippen LogP) is 2.33. The second-order valence-electron chi connectivity index (χ2n) is 4.42. The number of esters is 1. The number of hydrogen-bond acceptors (Lipinski definition) is 6. The van der Waals surface area contributed by atoms with Gasteiger partial charge in [0.25, 0.3) is 0 Å². The van der Waals surface area contributed by atoms with Gasteiger partial charge in [-0.05, 0) is 26.0 Å². The molecule has 6 nitrogen and oxygen atoms in total. The van der Waals surface area contributed by atoms with Crippen LogP contribution in [0.2, 0.25) is 0 Å². The van der Waals surface area contributed by atoms with E-state index in [9.17, 15) is 4.79 Å². The van der Waals surface area contributed by atoms with Crippen LogP contribution >= 0.6 is 0 Å². The van der Waals surface area contributed by atoms with Crippen LogP contribution < -0.4 is 5.43 Å². The Hall–Kier alpha value is -2.76. The Morgan fingerprint density at radius 2 is 1.90 bits per heavy atom. The molecule has 0 atom stereocenters. The van der Waals surface area contributed by atoms with Crippen LogP contribution in [0.3, 0.4) is 0 Å². The summed E-state index contributed by atoms with van der Waals surface area (Å²) in [7, 11) is 1.35. The third kappa shape index (κ3) is 3.85. The number of nitrogens with zero attached hydrogens (tertiary/aromatic N) is 3. The number of ether oxygens (including phenoxy) is 1. The Balaban J connectivity index is 2.16. The Labute approximate surface area is 122 Å². The van der Waals surface area contributed by atoms with Crippen molar-refractivity contribution in [1.29, 1.82) is 0 Å². The van der Waals surface area contributed by atoms with Gasteiger partial charge in [0.2, 0.25) is 5.95 Å². The van der Waals surface area contributed by atoms with E-state index in [2.05, 4.69) is 20.5 Å². The molecule has 0 spiro atoms. The number of methoxy groups -OCH3 is 1. The van der Waals surface area contributed by atoms with Crippen LogP contribution in [-0.4, -0.2) is 29.3 Å². The quantitative estimate of drug-likeness (QED) is 0.529. The minimum atomic E-state index is -0.403. The molecule has 0 aliphatic rings. The first kappa shape index (κ1) is 14.6. The van der Waals surface area contributed by atoms with Gasteiger partial charge >= 0.3 is 5.97 Å². The molecule has 0 unspecified atom stereocenters. The van der Waals surface area contributed by atoms with Gasteiger partial charge in [0.05, 0.1) is 18.9 Å². The summed E-state index contributed by atoms with van der Waals surface area (Å²) in [5.74, 6) is 0.0130. The van der Waals surface area contributed by atoms with Gasteiger partial charge < -0.3 is 4.74 Å². The fourth-order valence-corrected chi connectivity index (χ4v) is 1.84. The first-order chi connectivity index (χ1) is 10.1. The molecule has 0 amide bonds. The van der Waals surface area contributed by atoms with Crippen molar-refractivity contribution >= 4 is 18.1 Å². The molecule has 0 saturated carbocycles. The Kier molecular flexibility index (Phi) is 4.61. The summed E-state index contributed by atoms with van der Waals surface area (Å²) in [5.41, 5.74) is 5.57. The molecule has 0 aliphatic heterocycles. The monoisotopic (exact) mass is 284 g/mol. The van der Waals surface area contributed by atoms with Crippen LogP contribution in [0, 0.1) is 13.8 Å². The van der Waals surface area contributed by atoms with Crippen LogP contribution in [0.5, 0.6) is 0 Å². The summed E-state index contributed by atoms with van der Waals surface area (Å²) in [6, 6.07) is 8.92. The number of carbonyl (C=O) groups excluding carboxylic acids is 1. The summed E-state index contributed by atoms with van der Waals surface area (Å²) in [6.07, 6.45) is 1.54. The SMILES string of the molecule is COC(=O)c1ccccc1/C=N\Nc1nc(C)cc(C)n1. The standard InChI is InChI=1S/C15H16N4O2/c1-10-8-11(2)18-15(17-10)19-16-9-12-6-4-5-7-13(12)14(20)21-3/h4-9H,1-3H3,(H,17,18,19)/b16-9-. The molecule has 1 N–H and O–H groups in total. The van der Waals surface area contributed by atoms with E-state index in [4.69, 9.17) is 4.74 Å². The molecule has 6 heteroatoms. The highest BCUT2D eigenvalue weighted by Gasteiger charge is 2.08. The van der Waals surface area contributed by atoms with Gasteiger partial charge in [-0.1, -0.05) is 18.2 Å². The van der Waals surface area contributed by atoms with E-state index in [-0.39, 0.29) is 0 Å². The summed E-state index contributed by atoms with van der Waals surface area (Å²) < 4.78 is 4.73. The largest absolute Gasteiger partial charge is 0.465 e. The maximum Gasteiger partial charge on any atom is 0.338 e. The van der Waals surface area contributed by atoms with E-state index in [0.717, 1.165) is 11.4 Å². The normalized spacial score (nSPS) is 10.6. The molecule has 1 heterocycles. The van der Waals surface area contributed by atoms with Crippen molar-refractivity contribution in [2.24, 2.45) is 5.10 Å². The van der Waals surface area contributed by atoms with Crippen molar-refractivity contribution in [2.75, 3.05) is 12.5 Å². The van der Waals surface area contributed by atoms with Crippen molar-refractivity contribution in [3.05, 3.63) is 52.8 Å². The zero-order valence-electron chi connectivity index (χ0n) is 12.1. The van der Waals surface area contributed by atoms with Gasteiger partial charge in [0.15, 0.2) is 0 Å². The molecular formula is C15H16N4O2. The zero-order chi connectivity index (χ0) is 15.2. The first-order valence-electron chi connectivity index (χ1n) is 6.39. The van der Waals surface area contributed by atoms with Crippen molar-refractivity contribution in [1.82, 2.24) is 9.97 Å². The van der Waals surface area contributed by atoms with Crippen LogP contribution in [0.1, 0.15) is 27.3 Å². The summed E-state index contributed by atoms with van der Waals surface area (Å²) in [5, 5.41) is 4.06. The lowest BCUT2D eigenvalue weighted by molar-refractivity contribution is 0.0600. The lowest BCUT2D eigenvalue weighted by Gasteiger charge is -2.04. The minimum Gasteiger partial charge on any atom is -0.465 e. The minimum absolute atomic E-state index is 0.403. The van der Waals surface area contributed by atoms with E-state index >= 15 is 0 Å². The Bertz CT molecular complexity index is 663. The van der Waals surface area contributed by atoms with E-state index in [1.807, 2.05) is 26.0 Å². The Morgan fingerprint density at radius 1 is 1.24 bits per heavy atom. The molecule has 0 bridgehead atoms. The van der Waals surface area contributed by atoms with Crippen molar-refractivity contribution in [3.8, 4) is 0 Å². The molecular weight excluding hydrogens is 268 g/mol. The lowest BCUT2D eigenvalue weighted by atomic mass is 10.1. The van der Waals surface area contributed by atoms with Crippen LogP contribution in [0.15, 0.2) is 35.4 Å². The molecule has 1 aromatic heterocycles. The number of hydrazone groups is 1. The predicted molar refractivity (Wildman–Crippen MR) is 80.5 cm³/mol. The molecule has 2 aromatic rings. The summed E-state index contributed by atoms with van der Waals surface area (Å²) in [6.45, 7) is 3.77. The summed E-state index contributed by atoms with van der Waals surface area (Å²) >= 11 is 0. The zero-order valence-corrected chi connectivity index (χ0v) is 12.1. The number of carbonyl (C=O) groups is 1. The Morgan fingerprint density at radius 3 is 2.57 bits per heavy atom. The molecule has 0 saturated heterocycles. The van der Waals surface area contributed by atoms with Gasteiger partial charge in [0, 0.05) is 17.0 Å². The third-order valence-corrected chi connectivity index (χ3v) is 2.72.